The number of nitrogens with one attached hydrogen (secondary N) is 1. The second-order valence-electron chi connectivity index (χ2n) is 7.12. The number of aliphatic hydroxyl groups excluding tert-OH is 1. The van der Waals surface area contributed by atoms with Gasteiger partial charge in [-0.15, -0.1) is 0 Å². The first kappa shape index (κ1) is 18.6. The van der Waals surface area contributed by atoms with Crippen molar-refractivity contribution in [2.45, 2.75) is 13.0 Å². The molecular weight excluding hydrogens is 357 g/mol. The van der Waals surface area contributed by atoms with E-state index >= 15 is 0 Å². The lowest BCUT2D eigenvalue weighted by Gasteiger charge is -2.36. The first-order valence-corrected chi connectivity index (χ1v) is 9.48. The molecule has 1 aliphatic heterocycles. The van der Waals surface area contributed by atoms with Crippen LogP contribution < -0.4 is 4.90 Å². The zero-order valence-electron chi connectivity index (χ0n) is 15.8. The lowest BCUT2D eigenvalue weighted by molar-refractivity contribution is 0.106. The van der Waals surface area contributed by atoms with Crippen LogP contribution in [0.4, 0.5) is 10.1 Å². The number of hydrogen-bond donors (Lipinski definition) is 2. The van der Waals surface area contributed by atoms with Crippen LogP contribution in [-0.4, -0.2) is 57.7 Å². The highest BCUT2D eigenvalue weighted by atomic mass is 19.1. The molecule has 1 saturated heterocycles. The van der Waals surface area contributed by atoms with Crippen LogP contribution >= 0.6 is 0 Å². The summed E-state index contributed by atoms with van der Waals surface area (Å²) in [4.78, 5) is 16.4. The number of aliphatic hydroxyl groups is 1. The maximum absolute atomic E-state index is 13.1. The highest BCUT2D eigenvalue weighted by Gasteiger charge is 2.23. The predicted octanol–water partition coefficient (Wildman–Crippen LogP) is 2.77. The molecule has 0 radical (unpaired) electrons. The zero-order valence-corrected chi connectivity index (χ0v) is 15.8. The Morgan fingerprint density at radius 3 is 2.57 bits per heavy atom. The number of anilines is 1. The van der Waals surface area contributed by atoms with Crippen LogP contribution in [-0.2, 0) is 0 Å². The van der Waals surface area contributed by atoms with Gasteiger partial charge in [0.1, 0.15) is 17.7 Å². The fraction of sp³-hybridized carbons (Fsp3) is 0.333. The smallest absolute Gasteiger partial charge is 0.139 e. The number of halogens is 1. The molecule has 0 bridgehead atoms. The van der Waals surface area contributed by atoms with Crippen molar-refractivity contribution in [3.8, 4) is 11.4 Å². The summed E-state index contributed by atoms with van der Waals surface area (Å²) < 4.78 is 13.1. The predicted molar refractivity (Wildman–Crippen MR) is 107 cm³/mol. The third kappa shape index (κ3) is 4.05. The Hall–Kier alpha value is -2.77. The fourth-order valence-electron chi connectivity index (χ4n) is 3.61. The number of H-pyrrole nitrogens is 1. The van der Waals surface area contributed by atoms with Crippen LogP contribution in [0.1, 0.15) is 17.5 Å². The number of β-amino-alcohol motifs (C(OH)–C–C–N with tert-alkyl or cyclic N) is 1. The number of aromatic nitrogens is 3. The molecule has 1 fully saturated rings. The molecule has 1 aliphatic rings. The molecule has 3 aromatic rings. The molecule has 0 spiro atoms. The molecule has 3 heterocycles. The van der Waals surface area contributed by atoms with Crippen molar-refractivity contribution in [3.63, 3.8) is 0 Å². The summed E-state index contributed by atoms with van der Waals surface area (Å²) >= 11 is 0. The number of hydrogen-bond acceptors (Lipinski definition) is 5. The molecule has 28 heavy (non-hydrogen) atoms. The second-order valence-corrected chi connectivity index (χ2v) is 7.12. The van der Waals surface area contributed by atoms with Gasteiger partial charge < -0.3 is 15.0 Å². The first-order valence-electron chi connectivity index (χ1n) is 9.48. The van der Waals surface area contributed by atoms with Crippen LogP contribution in [0.3, 0.4) is 0 Å². The normalized spacial score (nSPS) is 16.3. The van der Waals surface area contributed by atoms with Gasteiger partial charge in [0.05, 0.1) is 5.69 Å². The lowest BCUT2D eigenvalue weighted by atomic mass is 10.2. The average Bonchev–Trinajstić information content (AvgIpc) is 3.12. The number of imidazole rings is 1. The number of nitrogens with zero attached hydrogens (tertiary/aromatic N) is 4. The summed E-state index contributed by atoms with van der Waals surface area (Å²) in [6.07, 6.45) is 2.82. The second kappa shape index (κ2) is 8.08. The van der Waals surface area contributed by atoms with Gasteiger partial charge in [-0.2, -0.15) is 0 Å². The highest BCUT2D eigenvalue weighted by Crippen LogP contribution is 2.23. The van der Waals surface area contributed by atoms with Crippen LogP contribution in [0.5, 0.6) is 0 Å². The number of piperazine rings is 1. The van der Waals surface area contributed by atoms with Gasteiger partial charge in [0.15, 0.2) is 0 Å². The number of pyridine rings is 1. The van der Waals surface area contributed by atoms with Crippen LogP contribution in [0, 0.1) is 12.7 Å². The van der Waals surface area contributed by atoms with E-state index in [1.807, 2.05) is 31.2 Å². The van der Waals surface area contributed by atoms with Crippen molar-refractivity contribution >= 4 is 5.69 Å². The van der Waals surface area contributed by atoms with E-state index in [1.54, 1.807) is 12.4 Å². The molecule has 1 aromatic carbocycles. The molecule has 0 saturated carbocycles. The molecule has 4 rings (SSSR count). The quantitative estimate of drug-likeness (QED) is 0.711. The van der Waals surface area contributed by atoms with Crippen molar-refractivity contribution in [1.82, 2.24) is 19.9 Å². The maximum atomic E-state index is 13.1. The summed E-state index contributed by atoms with van der Waals surface area (Å²) in [5, 5.41) is 10.7. The molecule has 1 atom stereocenters. The van der Waals surface area contributed by atoms with Crippen molar-refractivity contribution in [2.75, 3.05) is 37.6 Å². The minimum Gasteiger partial charge on any atom is -0.385 e. The number of aryl methyl sites for hydroxylation is 1. The van der Waals surface area contributed by atoms with Gasteiger partial charge in [-0.25, -0.2) is 9.37 Å². The third-order valence-electron chi connectivity index (χ3n) is 5.17. The molecule has 2 N–H and O–H groups in total. The summed E-state index contributed by atoms with van der Waals surface area (Å²) in [5.74, 6) is 0.506. The standard InChI is InChI=1S/C21H24FN5O/c1-15-20(25-21(24-15)16-3-2-8-23-13-16)19(28)14-26-9-11-27(12-10-26)18-6-4-17(22)5-7-18/h2-8,13,19,28H,9-12,14H2,1H3,(H,24,25). The number of aromatic amines is 1. The van der Waals surface area contributed by atoms with E-state index in [0.29, 0.717) is 12.2 Å². The Bertz CT molecular complexity index is 904. The Labute approximate surface area is 163 Å². The summed E-state index contributed by atoms with van der Waals surface area (Å²) in [6, 6.07) is 10.4. The van der Waals surface area contributed by atoms with Gasteiger partial charge in [-0.05, 0) is 43.3 Å². The summed E-state index contributed by atoms with van der Waals surface area (Å²) in [5.41, 5.74) is 3.49. The Morgan fingerprint density at radius 2 is 1.89 bits per heavy atom. The number of benzene rings is 1. The SMILES string of the molecule is Cc1[nH]c(-c2cccnc2)nc1C(O)CN1CCN(c2ccc(F)cc2)CC1. The molecule has 2 aromatic heterocycles. The van der Waals surface area contributed by atoms with Crippen molar-refractivity contribution in [3.05, 3.63) is 66.0 Å². The van der Waals surface area contributed by atoms with Crippen LogP contribution in [0.2, 0.25) is 0 Å². The van der Waals surface area contributed by atoms with Gasteiger partial charge >= 0.3 is 0 Å². The van der Waals surface area contributed by atoms with Gasteiger partial charge in [0, 0.05) is 62.1 Å². The van der Waals surface area contributed by atoms with Crippen molar-refractivity contribution < 1.29 is 9.50 Å². The highest BCUT2D eigenvalue weighted by molar-refractivity contribution is 5.54. The van der Waals surface area contributed by atoms with E-state index in [4.69, 9.17) is 0 Å². The first-order chi connectivity index (χ1) is 13.6. The van der Waals surface area contributed by atoms with E-state index in [1.165, 1.54) is 12.1 Å². The lowest BCUT2D eigenvalue weighted by Crippen LogP contribution is -2.47. The molecule has 0 amide bonds. The third-order valence-corrected chi connectivity index (χ3v) is 5.17. The molecular formula is C21H24FN5O. The molecule has 7 heteroatoms. The van der Waals surface area contributed by atoms with Gasteiger partial charge in [-0.1, -0.05) is 0 Å². The van der Waals surface area contributed by atoms with Gasteiger partial charge in [0.2, 0.25) is 0 Å². The Kier molecular flexibility index (Phi) is 5.36. The van der Waals surface area contributed by atoms with E-state index in [2.05, 4.69) is 24.8 Å². The molecule has 146 valence electrons. The minimum atomic E-state index is -0.654. The van der Waals surface area contributed by atoms with E-state index in [0.717, 1.165) is 48.9 Å². The monoisotopic (exact) mass is 381 g/mol. The topological polar surface area (TPSA) is 68.3 Å². The maximum Gasteiger partial charge on any atom is 0.139 e. The van der Waals surface area contributed by atoms with E-state index < -0.39 is 6.10 Å². The Balaban J connectivity index is 1.36. The minimum absolute atomic E-state index is 0.217. The van der Waals surface area contributed by atoms with Crippen molar-refractivity contribution in [1.29, 1.82) is 0 Å². The van der Waals surface area contributed by atoms with E-state index in [-0.39, 0.29) is 5.82 Å². The summed E-state index contributed by atoms with van der Waals surface area (Å²) in [7, 11) is 0. The molecule has 1 unspecified atom stereocenters. The zero-order chi connectivity index (χ0) is 19.5. The average molecular weight is 381 g/mol. The molecule has 6 nitrogen and oxygen atoms in total. The largest absolute Gasteiger partial charge is 0.385 e. The molecule has 0 aliphatic carbocycles. The van der Waals surface area contributed by atoms with Gasteiger partial charge in [-0.3, -0.25) is 9.88 Å². The van der Waals surface area contributed by atoms with E-state index in [9.17, 15) is 9.50 Å². The van der Waals surface area contributed by atoms with Crippen LogP contribution in [0.15, 0.2) is 48.8 Å². The van der Waals surface area contributed by atoms with Crippen molar-refractivity contribution in [2.24, 2.45) is 0 Å². The fourth-order valence-corrected chi connectivity index (χ4v) is 3.61. The number of rotatable bonds is 5. The Morgan fingerprint density at radius 1 is 1.14 bits per heavy atom. The summed E-state index contributed by atoms with van der Waals surface area (Å²) in [6.45, 7) is 5.84. The van der Waals surface area contributed by atoms with Gasteiger partial charge in [0.25, 0.3) is 0 Å². The van der Waals surface area contributed by atoms with Crippen LogP contribution in [0.25, 0.3) is 11.4 Å².